The van der Waals surface area contributed by atoms with Gasteiger partial charge < -0.3 is 15.6 Å². The largest absolute Gasteiger partial charge is 0.580 e. The van der Waals surface area contributed by atoms with Crippen LogP contribution in [0.5, 0.6) is 5.75 Å². The molecule has 0 aliphatic carbocycles. The molecule has 0 spiro atoms. The Morgan fingerprint density at radius 1 is 1.37 bits per heavy atom. The summed E-state index contributed by atoms with van der Waals surface area (Å²) in [5.41, 5.74) is 5.72. The summed E-state index contributed by atoms with van der Waals surface area (Å²) in [5, 5.41) is 9.97. The predicted molar refractivity (Wildman–Crippen MR) is 74.7 cm³/mol. The van der Waals surface area contributed by atoms with Crippen LogP contribution in [0, 0.1) is 5.41 Å². The highest BCUT2D eigenvalue weighted by Gasteiger charge is 2.21. The highest BCUT2D eigenvalue weighted by Crippen LogP contribution is 2.18. The van der Waals surface area contributed by atoms with E-state index in [-0.39, 0.29) is 17.3 Å². The zero-order valence-electron chi connectivity index (χ0n) is 11.4. The minimum Gasteiger partial charge on any atom is -0.580 e. The van der Waals surface area contributed by atoms with Crippen LogP contribution >= 0.6 is 0 Å². The van der Waals surface area contributed by atoms with Gasteiger partial charge in [0, 0.05) is 12.1 Å². The Labute approximate surface area is 113 Å². The first-order valence-corrected chi connectivity index (χ1v) is 6.02. The number of hydrogen-bond donors (Lipinski definition) is 2. The molecular formula is C14H21N2O3+. The Morgan fingerprint density at radius 2 is 1.95 bits per heavy atom. The van der Waals surface area contributed by atoms with E-state index in [1.165, 1.54) is 6.08 Å². The van der Waals surface area contributed by atoms with E-state index in [2.05, 4.69) is 5.32 Å². The fraction of sp³-hybridized carbons (Fsp3) is 0.357. The van der Waals surface area contributed by atoms with Crippen molar-refractivity contribution in [2.75, 3.05) is 0 Å². The lowest BCUT2D eigenvalue weighted by Crippen LogP contribution is -2.35. The number of nitrogens with one attached hydrogen (secondary N) is 1. The molecule has 5 nitrogen and oxygen atoms in total. The molecule has 1 aromatic carbocycles. The Hall–Kier alpha value is -2.01. The third-order valence-corrected chi connectivity index (χ3v) is 2.54. The van der Waals surface area contributed by atoms with Gasteiger partial charge in [-0.2, -0.15) is 0 Å². The van der Waals surface area contributed by atoms with Crippen molar-refractivity contribution >= 4 is 6.09 Å². The van der Waals surface area contributed by atoms with Crippen LogP contribution in [-0.4, -0.2) is 17.2 Å². The maximum Gasteiger partial charge on any atom is 0.423 e. The van der Waals surface area contributed by atoms with E-state index in [9.17, 15) is 4.79 Å². The van der Waals surface area contributed by atoms with Crippen LogP contribution in [-0.2, 0) is 0 Å². The molecular weight excluding hydrogens is 244 g/mol. The molecule has 0 saturated heterocycles. The summed E-state index contributed by atoms with van der Waals surface area (Å²) in [7, 11) is 0. The first-order valence-electron chi connectivity index (χ1n) is 6.02. The fourth-order valence-electron chi connectivity index (χ4n) is 1.20. The van der Waals surface area contributed by atoms with Crippen LogP contribution < -0.4 is 15.8 Å². The second kappa shape index (κ2) is 6.24. The molecule has 5 N–H and O–H groups in total. The highest BCUT2D eigenvalue weighted by molar-refractivity contribution is 5.71. The van der Waals surface area contributed by atoms with Crippen molar-refractivity contribution < 1.29 is 14.6 Å². The lowest BCUT2D eigenvalue weighted by Gasteiger charge is -2.23. The summed E-state index contributed by atoms with van der Waals surface area (Å²) < 4.78 is 5.00. The number of rotatable bonds is 3. The number of benzene rings is 1. The van der Waals surface area contributed by atoms with Gasteiger partial charge in [0.15, 0.2) is 0 Å². The Kier molecular flexibility index (Phi) is 4.94. The molecule has 0 saturated carbocycles. The maximum atomic E-state index is 11.5. The number of amides is 1. The first kappa shape index (κ1) is 15.0. The van der Waals surface area contributed by atoms with E-state index in [1.54, 1.807) is 24.3 Å². The van der Waals surface area contributed by atoms with Gasteiger partial charge in [-0.25, -0.2) is 10.1 Å². The standard InChI is InChI=1S/C14H20N2O3/c1-14(2,3)11(15)9-12(17)16-13(18)19-10-7-5-4-6-8-10/h4-9,11,17H,15H2,1-3H3,(H,16,18)/p+1/b12-9-. The molecule has 0 fully saturated rings. The average molecular weight is 265 g/mol. The zero-order chi connectivity index (χ0) is 14.5. The number of ether oxygens (including phenoxy) is 1. The van der Waals surface area contributed by atoms with E-state index in [0.29, 0.717) is 5.75 Å². The van der Waals surface area contributed by atoms with Gasteiger partial charge in [-0.1, -0.05) is 39.0 Å². The van der Waals surface area contributed by atoms with Crippen LogP contribution in [0.15, 0.2) is 42.3 Å². The third-order valence-electron chi connectivity index (χ3n) is 2.54. The minimum absolute atomic E-state index is 0.0663. The summed E-state index contributed by atoms with van der Waals surface area (Å²) in [6, 6.07) is 8.34. The molecule has 1 amide bonds. The molecule has 0 radical (unpaired) electrons. The van der Waals surface area contributed by atoms with E-state index in [0.717, 1.165) is 0 Å². The first-order chi connectivity index (χ1) is 8.79. The van der Waals surface area contributed by atoms with Crippen molar-refractivity contribution in [2.24, 2.45) is 11.1 Å². The van der Waals surface area contributed by atoms with Crippen molar-refractivity contribution in [3.05, 3.63) is 42.3 Å². The molecule has 0 heterocycles. The fourth-order valence-corrected chi connectivity index (χ4v) is 1.20. The van der Waals surface area contributed by atoms with E-state index < -0.39 is 6.09 Å². The van der Waals surface area contributed by atoms with Gasteiger partial charge in [0.05, 0.1) is 0 Å². The van der Waals surface area contributed by atoms with Gasteiger partial charge in [0.1, 0.15) is 5.75 Å². The molecule has 1 aromatic rings. The van der Waals surface area contributed by atoms with Gasteiger partial charge in [-0.05, 0) is 17.5 Å². The predicted octanol–water partition coefficient (Wildman–Crippen LogP) is 1.71. The quantitative estimate of drug-likeness (QED) is 0.644. The van der Waals surface area contributed by atoms with Gasteiger partial charge in [-0.3, -0.25) is 0 Å². The lowest BCUT2D eigenvalue weighted by molar-refractivity contribution is 0.196. The Bertz CT molecular complexity index is 450. The summed E-state index contributed by atoms with van der Waals surface area (Å²) >= 11 is 0. The van der Waals surface area contributed by atoms with Crippen molar-refractivity contribution in [3.63, 3.8) is 0 Å². The van der Waals surface area contributed by atoms with Crippen molar-refractivity contribution in [3.8, 4) is 5.75 Å². The maximum absolute atomic E-state index is 11.5. The van der Waals surface area contributed by atoms with Crippen LogP contribution in [0.4, 0.5) is 4.79 Å². The number of para-hydroxylation sites is 1. The Balaban J connectivity index is 2.55. The van der Waals surface area contributed by atoms with Crippen LogP contribution in [0.3, 0.4) is 0 Å². The molecule has 1 atom stereocenters. The van der Waals surface area contributed by atoms with Crippen LogP contribution in [0.25, 0.3) is 0 Å². The molecule has 0 aromatic heterocycles. The zero-order valence-corrected chi connectivity index (χ0v) is 11.4. The number of nitrogens with two attached hydrogens (primary N) is 1. The molecule has 1 rings (SSSR count). The lowest BCUT2D eigenvalue weighted by atomic mass is 9.87. The van der Waals surface area contributed by atoms with Crippen molar-refractivity contribution in [1.82, 2.24) is 5.32 Å². The molecule has 104 valence electrons. The third kappa shape index (κ3) is 5.44. The van der Waals surface area contributed by atoms with E-state index in [4.69, 9.17) is 15.6 Å². The van der Waals surface area contributed by atoms with E-state index in [1.807, 2.05) is 26.8 Å². The van der Waals surface area contributed by atoms with Gasteiger partial charge in [-0.15, -0.1) is 0 Å². The molecule has 1 unspecified atom stereocenters. The molecule has 0 aliphatic heterocycles. The van der Waals surface area contributed by atoms with Gasteiger partial charge >= 0.3 is 12.0 Å². The average Bonchev–Trinajstić information content (AvgIpc) is 2.28. The monoisotopic (exact) mass is 265 g/mol. The number of carbonyl (C=O) groups excluding carboxylic acids is 1. The van der Waals surface area contributed by atoms with Crippen LogP contribution in [0.2, 0.25) is 0 Å². The molecule has 0 aliphatic rings. The Morgan fingerprint density at radius 3 is 2.47 bits per heavy atom. The summed E-state index contributed by atoms with van der Waals surface area (Å²) in [6.07, 6.45) is 0.792. The normalized spacial score (nSPS) is 13.8. The number of hydrogen-bond acceptors (Lipinski definition) is 3. The summed E-state index contributed by atoms with van der Waals surface area (Å²) in [4.78, 5) is 11.5. The van der Waals surface area contributed by atoms with Crippen molar-refractivity contribution in [2.45, 2.75) is 26.8 Å². The molecule has 0 bridgehead atoms. The second-order valence-electron chi connectivity index (χ2n) is 5.30. The van der Waals surface area contributed by atoms with E-state index >= 15 is 0 Å². The van der Waals surface area contributed by atoms with Gasteiger partial charge in [0.2, 0.25) is 0 Å². The van der Waals surface area contributed by atoms with Crippen LogP contribution in [0.1, 0.15) is 20.8 Å². The van der Waals surface area contributed by atoms with Gasteiger partial charge in [0.25, 0.3) is 0 Å². The van der Waals surface area contributed by atoms with Crippen molar-refractivity contribution in [1.29, 1.82) is 0 Å². The SMILES string of the molecule is CC(C)(C)C(N)/C=C(\[OH2+])NC(=O)Oc1ccccc1. The minimum atomic E-state index is -0.700. The highest BCUT2D eigenvalue weighted by atomic mass is 16.6. The summed E-state index contributed by atoms with van der Waals surface area (Å²) in [6.45, 7) is 5.89. The smallest absolute Gasteiger partial charge is 0.423 e. The second-order valence-corrected chi connectivity index (χ2v) is 5.30. The molecule has 19 heavy (non-hydrogen) atoms. The summed E-state index contributed by atoms with van der Waals surface area (Å²) in [5.74, 6) is 0.358. The topological polar surface area (TPSA) is 87.3 Å². The molecule has 5 heteroatoms. The number of carbonyl (C=O) groups is 1.